The second-order valence-electron chi connectivity index (χ2n) is 7.63. The summed E-state index contributed by atoms with van der Waals surface area (Å²) in [6.45, 7) is 3.00. The van der Waals surface area contributed by atoms with Crippen LogP contribution in [0.25, 0.3) is 0 Å². The SMILES string of the molecule is CN1CCN(C(=O)C[C@@H]2CCC[C@H]2N)C2(CCCCC2)C1. The van der Waals surface area contributed by atoms with Gasteiger partial charge in [-0.3, -0.25) is 4.79 Å². The van der Waals surface area contributed by atoms with Crippen molar-refractivity contribution in [2.75, 3.05) is 26.7 Å². The van der Waals surface area contributed by atoms with Crippen LogP contribution in [-0.4, -0.2) is 54.0 Å². The highest BCUT2D eigenvalue weighted by Gasteiger charge is 2.44. The van der Waals surface area contributed by atoms with Gasteiger partial charge in [-0.2, -0.15) is 0 Å². The monoisotopic (exact) mass is 293 g/mol. The van der Waals surface area contributed by atoms with E-state index in [0.29, 0.717) is 18.2 Å². The lowest BCUT2D eigenvalue weighted by atomic mass is 9.78. The summed E-state index contributed by atoms with van der Waals surface area (Å²) in [6.07, 6.45) is 10.4. The first-order chi connectivity index (χ1) is 10.1. The Balaban J connectivity index is 1.70. The molecule has 1 amide bonds. The van der Waals surface area contributed by atoms with Crippen molar-refractivity contribution in [3.05, 3.63) is 0 Å². The van der Waals surface area contributed by atoms with Gasteiger partial charge < -0.3 is 15.5 Å². The molecule has 3 aliphatic rings. The number of amides is 1. The molecule has 1 spiro atoms. The van der Waals surface area contributed by atoms with Crippen LogP contribution in [0.4, 0.5) is 0 Å². The van der Waals surface area contributed by atoms with Crippen molar-refractivity contribution in [3.63, 3.8) is 0 Å². The topological polar surface area (TPSA) is 49.6 Å². The van der Waals surface area contributed by atoms with E-state index in [1.807, 2.05) is 0 Å². The number of carbonyl (C=O) groups excluding carboxylic acids is 1. The van der Waals surface area contributed by atoms with Gasteiger partial charge in [0.05, 0.1) is 5.54 Å². The smallest absolute Gasteiger partial charge is 0.223 e. The molecule has 21 heavy (non-hydrogen) atoms. The van der Waals surface area contributed by atoms with Crippen molar-refractivity contribution in [1.29, 1.82) is 0 Å². The first-order valence-electron chi connectivity index (χ1n) is 8.85. The van der Waals surface area contributed by atoms with E-state index >= 15 is 0 Å². The third-order valence-electron chi connectivity index (χ3n) is 6.08. The van der Waals surface area contributed by atoms with Gasteiger partial charge in [0.2, 0.25) is 5.91 Å². The maximum absolute atomic E-state index is 12.9. The molecule has 120 valence electrons. The number of carbonyl (C=O) groups is 1. The molecule has 1 saturated heterocycles. The number of nitrogens with zero attached hydrogens (tertiary/aromatic N) is 2. The lowest BCUT2D eigenvalue weighted by molar-refractivity contribution is -0.145. The highest BCUT2D eigenvalue weighted by atomic mass is 16.2. The van der Waals surface area contributed by atoms with Crippen LogP contribution >= 0.6 is 0 Å². The van der Waals surface area contributed by atoms with E-state index in [2.05, 4.69) is 16.8 Å². The quantitative estimate of drug-likeness (QED) is 0.847. The number of rotatable bonds is 2. The summed E-state index contributed by atoms with van der Waals surface area (Å²) in [5.74, 6) is 0.810. The molecular formula is C17H31N3O. The van der Waals surface area contributed by atoms with Gasteiger partial charge in [0.15, 0.2) is 0 Å². The van der Waals surface area contributed by atoms with E-state index < -0.39 is 0 Å². The minimum atomic E-state index is 0.130. The molecule has 0 aromatic carbocycles. The lowest BCUT2D eigenvalue weighted by Gasteiger charge is -2.52. The fourth-order valence-electron chi connectivity index (χ4n) is 4.86. The van der Waals surface area contributed by atoms with E-state index in [-0.39, 0.29) is 11.6 Å². The molecule has 0 radical (unpaired) electrons. The second-order valence-corrected chi connectivity index (χ2v) is 7.63. The molecule has 1 aliphatic heterocycles. The van der Waals surface area contributed by atoms with Crippen LogP contribution in [0.1, 0.15) is 57.8 Å². The Bertz CT molecular complexity index is 378. The molecule has 2 N–H and O–H groups in total. The summed E-state index contributed by atoms with van der Waals surface area (Å²) < 4.78 is 0. The first kappa shape index (κ1) is 15.3. The molecule has 2 aliphatic carbocycles. The molecule has 0 bridgehead atoms. The summed E-state index contributed by atoms with van der Waals surface area (Å²) in [7, 11) is 2.20. The third-order valence-corrected chi connectivity index (χ3v) is 6.08. The summed E-state index contributed by atoms with van der Waals surface area (Å²) in [5.41, 5.74) is 6.30. The fraction of sp³-hybridized carbons (Fsp3) is 0.941. The molecule has 0 aromatic heterocycles. The molecule has 4 heteroatoms. The van der Waals surface area contributed by atoms with Crippen LogP contribution in [0, 0.1) is 5.92 Å². The molecular weight excluding hydrogens is 262 g/mol. The van der Waals surface area contributed by atoms with Gasteiger partial charge in [-0.05, 0) is 38.6 Å². The van der Waals surface area contributed by atoms with Gasteiger partial charge in [-0.1, -0.05) is 25.7 Å². The predicted molar refractivity (Wildman–Crippen MR) is 85.0 cm³/mol. The number of hydrogen-bond donors (Lipinski definition) is 1. The Morgan fingerprint density at radius 2 is 1.90 bits per heavy atom. The zero-order valence-corrected chi connectivity index (χ0v) is 13.5. The third kappa shape index (κ3) is 3.11. The zero-order valence-electron chi connectivity index (χ0n) is 13.5. The Kier molecular flexibility index (Phi) is 4.55. The molecule has 0 unspecified atom stereocenters. The molecule has 4 nitrogen and oxygen atoms in total. The Morgan fingerprint density at radius 3 is 2.57 bits per heavy atom. The maximum Gasteiger partial charge on any atom is 0.223 e. The molecule has 0 aromatic rings. The summed E-state index contributed by atoms with van der Waals surface area (Å²) in [6, 6.07) is 0.253. The zero-order chi connectivity index (χ0) is 14.9. The number of piperazine rings is 1. The van der Waals surface area contributed by atoms with Crippen LogP contribution in [0.3, 0.4) is 0 Å². The molecule has 2 atom stereocenters. The molecule has 1 heterocycles. The predicted octanol–water partition coefficient (Wildman–Crippen LogP) is 1.98. The van der Waals surface area contributed by atoms with E-state index in [9.17, 15) is 4.79 Å². The Hall–Kier alpha value is -0.610. The fourth-order valence-corrected chi connectivity index (χ4v) is 4.86. The van der Waals surface area contributed by atoms with Crippen LogP contribution in [-0.2, 0) is 4.79 Å². The van der Waals surface area contributed by atoms with E-state index in [1.54, 1.807) is 0 Å². The number of likely N-dealkylation sites (N-methyl/N-ethyl adjacent to an activating group) is 1. The van der Waals surface area contributed by atoms with Crippen LogP contribution in [0.2, 0.25) is 0 Å². The van der Waals surface area contributed by atoms with E-state index in [4.69, 9.17) is 5.73 Å². The van der Waals surface area contributed by atoms with Crippen LogP contribution in [0.5, 0.6) is 0 Å². The number of nitrogens with two attached hydrogens (primary N) is 1. The lowest BCUT2D eigenvalue weighted by Crippen LogP contribution is -2.64. The Morgan fingerprint density at radius 1 is 1.14 bits per heavy atom. The number of hydrogen-bond acceptors (Lipinski definition) is 3. The van der Waals surface area contributed by atoms with Crippen LogP contribution < -0.4 is 5.73 Å². The van der Waals surface area contributed by atoms with E-state index in [0.717, 1.165) is 32.5 Å². The van der Waals surface area contributed by atoms with Gasteiger partial charge in [-0.15, -0.1) is 0 Å². The van der Waals surface area contributed by atoms with Gasteiger partial charge in [0.1, 0.15) is 0 Å². The van der Waals surface area contributed by atoms with Gasteiger partial charge in [0.25, 0.3) is 0 Å². The maximum atomic E-state index is 12.9. The first-order valence-corrected chi connectivity index (χ1v) is 8.85. The normalized spacial score (nSPS) is 33.5. The summed E-state index contributed by atoms with van der Waals surface area (Å²) in [5, 5.41) is 0. The highest BCUT2D eigenvalue weighted by Crippen LogP contribution is 2.38. The average Bonchev–Trinajstić information content (AvgIpc) is 2.85. The van der Waals surface area contributed by atoms with Crippen molar-refractivity contribution in [2.45, 2.75) is 69.4 Å². The summed E-state index contributed by atoms with van der Waals surface area (Å²) >= 11 is 0. The minimum absolute atomic E-state index is 0.130. The van der Waals surface area contributed by atoms with Crippen molar-refractivity contribution in [3.8, 4) is 0 Å². The van der Waals surface area contributed by atoms with Gasteiger partial charge in [-0.25, -0.2) is 0 Å². The van der Waals surface area contributed by atoms with Crippen molar-refractivity contribution >= 4 is 5.91 Å². The highest BCUT2D eigenvalue weighted by molar-refractivity contribution is 5.77. The molecule has 2 saturated carbocycles. The van der Waals surface area contributed by atoms with Crippen molar-refractivity contribution < 1.29 is 4.79 Å². The van der Waals surface area contributed by atoms with Gasteiger partial charge >= 0.3 is 0 Å². The Labute approximate surface area is 129 Å². The van der Waals surface area contributed by atoms with Gasteiger partial charge in [0, 0.05) is 32.1 Å². The minimum Gasteiger partial charge on any atom is -0.334 e. The van der Waals surface area contributed by atoms with Crippen molar-refractivity contribution in [1.82, 2.24) is 9.80 Å². The molecule has 3 rings (SSSR count). The van der Waals surface area contributed by atoms with E-state index in [1.165, 1.54) is 38.5 Å². The second kappa shape index (κ2) is 6.25. The largest absolute Gasteiger partial charge is 0.334 e. The summed E-state index contributed by atoms with van der Waals surface area (Å²) in [4.78, 5) is 17.6. The standard InChI is InChI=1S/C17H31N3O/c1-19-10-11-20(17(13-19)8-3-2-4-9-17)16(21)12-14-6-5-7-15(14)18/h14-15H,2-13,18H2,1H3/t14-,15+/m0/s1. The van der Waals surface area contributed by atoms with Crippen LogP contribution in [0.15, 0.2) is 0 Å². The average molecular weight is 293 g/mol. The molecule has 3 fully saturated rings. The van der Waals surface area contributed by atoms with Crippen molar-refractivity contribution in [2.24, 2.45) is 11.7 Å².